The van der Waals surface area contributed by atoms with Crippen molar-refractivity contribution in [2.24, 2.45) is 5.41 Å². The first-order valence-corrected chi connectivity index (χ1v) is 7.17. The highest BCUT2D eigenvalue weighted by Crippen LogP contribution is 2.23. The molecule has 1 heterocycles. The number of halogens is 1. The molecular formula is C17H18FNO4. The molecule has 6 heteroatoms. The molecular weight excluding hydrogens is 301 g/mol. The van der Waals surface area contributed by atoms with Gasteiger partial charge in [-0.3, -0.25) is 9.59 Å². The predicted octanol–water partition coefficient (Wildman–Crippen LogP) is 3.32. The van der Waals surface area contributed by atoms with E-state index in [1.54, 1.807) is 32.0 Å². The van der Waals surface area contributed by atoms with Gasteiger partial charge in [0.15, 0.2) is 5.76 Å². The SMILES string of the molecule is CC(C)(CCNC(=O)c1ccc(-c2ccc(F)cc2)o1)C(=O)O. The summed E-state index contributed by atoms with van der Waals surface area (Å²) in [7, 11) is 0. The van der Waals surface area contributed by atoms with Gasteiger partial charge < -0.3 is 14.8 Å². The molecule has 5 nitrogen and oxygen atoms in total. The highest BCUT2D eigenvalue weighted by molar-refractivity contribution is 5.92. The van der Waals surface area contributed by atoms with Crippen LogP contribution in [0, 0.1) is 11.2 Å². The number of furan rings is 1. The minimum Gasteiger partial charge on any atom is -0.481 e. The van der Waals surface area contributed by atoms with Crippen molar-refractivity contribution in [1.29, 1.82) is 0 Å². The zero-order chi connectivity index (χ0) is 17.0. The fourth-order valence-electron chi connectivity index (χ4n) is 1.91. The summed E-state index contributed by atoms with van der Waals surface area (Å²) in [6, 6.07) is 8.90. The molecule has 0 spiro atoms. The zero-order valence-electron chi connectivity index (χ0n) is 12.9. The van der Waals surface area contributed by atoms with E-state index >= 15 is 0 Å². The second kappa shape index (κ2) is 6.64. The van der Waals surface area contributed by atoms with Gasteiger partial charge in [0.2, 0.25) is 0 Å². The molecule has 1 aromatic heterocycles. The Kier molecular flexibility index (Phi) is 4.83. The van der Waals surface area contributed by atoms with Crippen LogP contribution in [0.2, 0.25) is 0 Å². The van der Waals surface area contributed by atoms with Crippen LogP contribution >= 0.6 is 0 Å². The van der Waals surface area contributed by atoms with Crippen LogP contribution in [0.15, 0.2) is 40.8 Å². The average molecular weight is 319 g/mol. The number of carbonyl (C=O) groups is 2. The van der Waals surface area contributed by atoms with Crippen LogP contribution in [-0.4, -0.2) is 23.5 Å². The number of benzene rings is 1. The van der Waals surface area contributed by atoms with Gasteiger partial charge in [0.25, 0.3) is 5.91 Å². The molecule has 0 aliphatic rings. The van der Waals surface area contributed by atoms with E-state index in [0.29, 0.717) is 17.7 Å². The summed E-state index contributed by atoms with van der Waals surface area (Å²) in [5.74, 6) is -1.10. The third-order valence-corrected chi connectivity index (χ3v) is 3.57. The van der Waals surface area contributed by atoms with Gasteiger partial charge in [0, 0.05) is 12.1 Å². The summed E-state index contributed by atoms with van der Waals surface area (Å²) in [6.07, 6.45) is 0.305. The Morgan fingerprint density at radius 2 is 1.83 bits per heavy atom. The topological polar surface area (TPSA) is 79.5 Å². The Bertz CT molecular complexity index is 704. The number of rotatable bonds is 6. The van der Waals surface area contributed by atoms with E-state index in [1.165, 1.54) is 18.2 Å². The van der Waals surface area contributed by atoms with Gasteiger partial charge in [-0.15, -0.1) is 0 Å². The number of nitrogens with one attached hydrogen (secondary N) is 1. The Labute approximate surface area is 133 Å². The number of carboxylic acid groups (broad SMARTS) is 1. The molecule has 23 heavy (non-hydrogen) atoms. The highest BCUT2D eigenvalue weighted by Gasteiger charge is 2.26. The first kappa shape index (κ1) is 16.7. The molecule has 2 rings (SSSR count). The van der Waals surface area contributed by atoms with Crippen LogP contribution in [0.25, 0.3) is 11.3 Å². The van der Waals surface area contributed by atoms with Gasteiger partial charge in [-0.2, -0.15) is 0 Å². The second-order valence-electron chi connectivity index (χ2n) is 5.87. The van der Waals surface area contributed by atoms with Crippen molar-refractivity contribution in [3.63, 3.8) is 0 Å². The number of hydrogen-bond donors (Lipinski definition) is 2. The highest BCUT2D eigenvalue weighted by atomic mass is 19.1. The monoisotopic (exact) mass is 319 g/mol. The largest absolute Gasteiger partial charge is 0.481 e. The Morgan fingerprint density at radius 3 is 2.43 bits per heavy atom. The van der Waals surface area contributed by atoms with Crippen molar-refractivity contribution in [1.82, 2.24) is 5.32 Å². The minimum absolute atomic E-state index is 0.123. The quantitative estimate of drug-likeness (QED) is 0.856. The van der Waals surface area contributed by atoms with Gasteiger partial charge in [-0.1, -0.05) is 0 Å². The normalized spacial score (nSPS) is 11.3. The zero-order valence-corrected chi connectivity index (χ0v) is 12.9. The second-order valence-corrected chi connectivity index (χ2v) is 5.87. The summed E-state index contributed by atoms with van der Waals surface area (Å²) in [4.78, 5) is 23.0. The standard InChI is InChI=1S/C17H18FNO4/c1-17(2,16(21)22)9-10-19-15(20)14-8-7-13(23-14)11-3-5-12(18)6-4-11/h3-8H,9-10H2,1-2H3,(H,19,20)(H,21,22). The van der Waals surface area contributed by atoms with Crippen molar-refractivity contribution in [3.05, 3.63) is 48.0 Å². The Morgan fingerprint density at radius 1 is 1.17 bits per heavy atom. The van der Waals surface area contributed by atoms with Crippen molar-refractivity contribution in [2.75, 3.05) is 6.54 Å². The molecule has 0 aliphatic carbocycles. The van der Waals surface area contributed by atoms with Crippen molar-refractivity contribution < 1.29 is 23.5 Å². The van der Waals surface area contributed by atoms with Crippen LogP contribution in [0.4, 0.5) is 4.39 Å². The maximum Gasteiger partial charge on any atom is 0.309 e. The summed E-state index contributed by atoms with van der Waals surface area (Å²) in [5, 5.41) is 11.6. The van der Waals surface area contributed by atoms with Crippen LogP contribution < -0.4 is 5.32 Å². The first-order valence-electron chi connectivity index (χ1n) is 7.17. The van der Waals surface area contributed by atoms with Gasteiger partial charge in [-0.05, 0) is 56.7 Å². The lowest BCUT2D eigenvalue weighted by Gasteiger charge is -2.18. The smallest absolute Gasteiger partial charge is 0.309 e. The van der Waals surface area contributed by atoms with Gasteiger partial charge in [-0.25, -0.2) is 4.39 Å². The lowest BCUT2D eigenvalue weighted by molar-refractivity contribution is -0.147. The summed E-state index contributed by atoms with van der Waals surface area (Å²) < 4.78 is 18.3. The minimum atomic E-state index is -0.914. The molecule has 2 N–H and O–H groups in total. The molecule has 0 unspecified atom stereocenters. The third kappa shape index (κ3) is 4.18. The summed E-state index contributed by atoms with van der Waals surface area (Å²) >= 11 is 0. The van der Waals surface area contributed by atoms with Crippen molar-refractivity contribution >= 4 is 11.9 Å². The number of carboxylic acids is 1. The molecule has 0 aliphatic heterocycles. The van der Waals surface area contributed by atoms with E-state index in [4.69, 9.17) is 9.52 Å². The Balaban J connectivity index is 1.96. The van der Waals surface area contributed by atoms with Crippen LogP contribution in [-0.2, 0) is 4.79 Å². The number of carbonyl (C=O) groups excluding carboxylic acids is 1. The van der Waals surface area contributed by atoms with Gasteiger partial charge >= 0.3 is 5.97 Å². The molecule has 0 fully saturated rings. The van der Waals surface area contributed by atoms with E-state index in [-0.39, 0.29) is 18.1 Å². The molecule has 2 aromatic rings. The van der Waals surface area contributed by atoms with Crippen LogP contribution in [0.1, 0.15) is 30.8 Å². The van der Waals surface area contributed by atoms with E-state index in [2.05, 4.69) is 5.32 Å². The van der Waals surface area contributed by atoms with Gasteiger partial charge in [0.1, 0.15) is 11.6 Å². The molecule has 0 atom stereocenters. The fourth-order valence-corrected chi connectivity index (χ4v) is 1.91. The Hall–Kier alpha value is -2.63. The van der Waals surface area contributed by atoms with Crippen molar-refractivity contribution in [3.8, 4) is 11.3 Å². The maximum atomic E-state index is 12.9. The van der Waals surface area contributed by atoms with Crippen molar-refractivity contribution in [2.45, 2.75) is 20.3 Å². The molecule has 0 saturated carbocycles. The molecule has 0 bridgehead atoms. The molecule has 0 radical (unpaired) electrons. The van der Waals surface area contributed by atoms with Gasteiger partial charge in [0.05, 0.1) is 5.41 Å². The predicted molar refractivity (Wildman–Crippen MR) is 82.5 cm³/mol. The third-order valence-electron chi connectivity index (χ3n) is 3.57. The summed E-state index contributed by atoms with van der Waals surface area (Å²) in [6.45, 7) is 3.42. The maximum absolute atomic E-state index is 12.9. The van der Waals surface area contributed by atoms with Crippen LogP contribution in [0.5, 0.6) is 0 Å². The van der Waals surface area contributed by atoms with E-state index in [9.17, 15) is 14.0 Å². The first-order chi connectivity index (χ1) is 10.8. The number of hydrogen-bond acceptors (Lipinski definition) is 3. The molecule has 1 amide bonds. The van der Waals surface area contributed by atoms with E-state index in [1.807, 2.05) is 0 Å². The molecule has 1 aromatic carbocycles. The average Bonchev–Trinajstić information content (AvgIpc) is 2.97. The fraction of sp³-hybridized carbons (Fsp3) is 0.294. The number of aliphatic carboxylic acids is 1. The van der Waals surface area contributed by atoms with E-state index in [0.717, 1.165) is 0 Å². The molecule has 122 valence electrons. The van der Waals surface area contributed by atoms with Crippen LogP contribution in [0.3, 0.4) is 0 Å². The lowest BCUT2D eigenvalue weighted by Crippen LogP contribution is -2.31. The van der Waals surface area contributed by atoms with E-state index < -0.39 is 17.3 Å². The lowest BCUT2D eigenvalue weighted by atomic mass is 9.90. The summed E-state index contributed by atoms with van der Waals surface area (Å²) in [5.41, 5.74) is -0.243. The number of amides is 1. The molecule has 0 saturated heterocycles.